The van der Waals surface area contributed by atoms with Crippen molar-refractivity contribution in [2.75, 3.05) is 0 Å². The van der Waals surface area contributed by atoms with Crippen molar-refractivity contribution >= 4 is 40.1 Å². The first-order valence-corrected chi connectivity index (χ1v) is 9.12. The van der Waals surface area contributed by atoms with Crippen LogP contribution in [0, 0.1) is 0 Å². The Hall–Kier alpha value is -3.08. The number of aromatic carboxylic acids is 1. The highest BCUT2D eigenvalue weighted by molar-refractivity contribution is 6.39. The fourth-order valence-corrected chi connectivity index (χ4v) is 3.69. The van der Waals surface area contributed by atoms with Crippen molar-refractivity contribution < 1.29 is 15.0 Å². The molecule has 0 bridgehead atoms. The van der Waals surface area contributed by atoms with Gasteiger partial charge in [0.1, 0.15) is 11.3 Å². The molecule has 0 aliphatic carbocycles. The smallest absolute Gasteiger partial charge is 0.340 e. The summed E-state index contributed by atoms with van der Waals surface area (Å²) in [5.74, 6) is -1.71. The second kappa shape index (κ2) is 7.15. The number of hydrogen-bond acceptors (Lipinski definition) is 3. The molecule has 0 saturated carbocycles. The fourth-order valence-electron chi connectivity index (χ4n) is 3.15. The van der Waals surface area contributed by atoms with Gasteiger partial charge in [-0.3, -0.25) is 0 Å². The van der Waals surface area contributed by atoms with E-state index in [1.54, 1.807) is 12.1 Å². The minimum atomic E-state index is -1.29. The maximum absolute atomic E-state index is 11.8. The average molecular weight is 410 g/mol. The van der Waals surface area contributed by atoms with Crippen LogP contribution in [0.15, 0.2) is 66.7 Å². The molecule has 28 heavy (non-hydrogen) atoms. The first-order valence-electron chi connectivity index (χ1n) is 8.36. The predicted molar refractivity (Wildman–Crippen MR) is 111 cm³/mol. The monoisotopic (exact) mass is 409 g/mol. The Morgan fingerprint density at radius 1 is 0.857 bits per heavy atom. The lowest BCUT2D eigenvalue weighted by Crippen LogP contribution is -2.02. The molecular weight excluding hydrogens is 397 g/mol. The number of carboxylic acid groups (broad SMARTS) is 1. The third-order valence-electron chi connectivity index (χ3n) is 4.46. The third-order valence-corrected chi connectivity index (χ3v) is 4.97. The summed E-state index contributed by atoms with van der Waals surface area (Å²) in [7, 11) is 0. The molecule has 0 fully saturated rings. The van der Waals surface area contributed by atoms with Gasteiger partial charge >= 0.3 is 5.97 Å². The van der Waals surface area contributed by atoms with E-state index in [4.69, 9.17) is 23.2 Å². The summed E-state index contributed by atoms with van der Waals surface area (Å²) in [4.78, 5) is 16.2. The van der Waals surface area contributed by atoms with E-state index in [2.05, 4.69) is 4.98 Å². The van der Waals surface area contributed by atoms with Crippen LogP contribution in [0.1, 0.15) is 10.4 Å². The van der Waals surface area contributed by atoms with Gasteiger partial charge in [-0.2, -0.15) is 0 Å². The van der Waals surface area contributed by atoms with Gasteiger partial charge in [-0.15, -0.1) is 0 Å². The van der Waals surface area contributed by atoms with Gasteiger partial charge in [0.05, 0.1) is 10.5 Å². The average Bonchev–Trinajstić information content (AvgIpc) is 2.68. The number of carbonyl (C=O) groups is 1. The molecular formula is C22H13Cl2NO3. The van der Waals surface area contributed by atoms with E-state index >= 15 is 0 Å². The van der Waals surface area contributed by atoms with Crippen LogP contribution in [-0.2, 0) is 0 Å². The zero-order chi connectivity index (χ0) is 19.8. The number of aromatic nitrogens is 1. The number of halogens is 2. The molecule has 4 aromatic rings. The van der Waals surface area contributed by atoms with Crippen molar-refractivity contribution in [1.29, 1.82) is 0 Å². The first-order chi connectivity index (χ1) is 13.5. The van der Waals surface area contributed by atoms with Gasteiger partial charge in [-0.1, -0.05) is 77.8 Å². The number of aromatic hydroxyl groups is 1. The molecule has 3 aromatic carbocycles. The lowest BCUT2D eigenvalue weighted by Gasteiger charge is -2.12. The molecule has 0 unspecified atom stereocenters. The molecule has 2 N–H and O–H groups in total. The number of pyridine rings is 1. The van der Waals surface area contributed by atoms with Gasteiger partial charge in [-0.05, 0) is 23.3 Å². The minimum Gasteiger partial charge on any atom is -0.505 e. The predicted octanol–water partition coefficient (Wildman–Crippen LogP) is 6.28. The summed E-state index contributed by atoms with van der Waals surface area (Å²) in [5, 5.41) is 21.0. The van der Waals surface area contributed by atoms with Crippen LogP contribution in [0.2, 0.25) is 10.0 Å². The molecule has 4 rings (SSSR count). The number of hydrogen-bond donors (Lipinski definition) is 2. The van der Waals surface area contributed by atoms with Crippen LogP contribution in [0.3, 0.4) is 0 Å². The minimum absolute atomic E-state index is 0.147. The van der Waals surface area contributed by atoms with Gasteiger partial charge in [0, 0.05) is 16.0 Å². The van der Waals surface area contributed by atoms with Gasteiger partial charge in [-0.25, -0.2) is 9.78 Å². The summed E-state index contributed by atoms with van der Waals surface area (Å²) in [6.45, 7) is 0. The largest absolute Gasteiger partial charge is 0.505 e. The maximum atomic E-state index is 11.8. The summed E-state index contributed by atoms with van der Waals surface area (Å²) in [6.07, 6.45) is 0. The number of fused-ring (bicyclic) bond motifs is 1. The van der Waals surface area contributed by atoms with Crippen LogP contribution in [0.4, 0.5) is 0 Å². The normalized spacial score (nSPS) is 10.9. The van der Waals surface area contributed by atoms with E-state index in [0.717, 1.165) is 11.1 Å². The Morgan fingerprint density at radius 3 is 2.11 bits per heavy atom. The summed E-state index contributed by atoms with van der Waals surface area (Å²) >= 11 is 12.2. The Kier molecular flexibility index (Phi) is 4.67. The molecule has 0 aliphatic rings. The maximum Gasteiger partial charge on any atom is 0.340 e. The van der Waals surface area contributed by atoms with Gasteiger partial charge in [0.2, 0.25) is 0 Å². The van der Waals surface area contributed by atoms with Crippen LogP contribution in [-0.4, -0.2) is 21.2 Å². The van der Waals surface area contributed by atoms with Crippen LogP contribution in [0.25, 0.3) is 33.3 Å². The number of carboxylic acids is 1. The first kappa shape index (κ1) is 18.3. The highest BCUT2D eigenvalue weighted by atomic mass is 35.5. The van der Waals surface area contributed by atoms with Crippen molar-refractivity contribution in [3.8, 4) is 28.1 Å². The fraction of sp³-hybridized carbons (Fsp3) is 0. The standard InChI is InChI=1S/C22H13Cl2NO3/c23-15-10-16-18(22(27)28)21(26)19(25-20(16)17(24)11-15)14-8-6-13(7-9-14)12-4-2-1-3-5-12/h1-11,26H,(H,27,28). The Bertz CT molecular complexity index is 1210. The van der Waals surface area contributed by atoms with Crippen LogP contribution < -0.4 is 0 Å². The van der Waals surface area contributed by atoms with E-state index in [0.29, 0.717) is 5.56 Å². The number of rotatable bonds is 3. The van der Waals surface area contributed by atoms with E-state index in [1.807, 2.05) is 42.5 Å². The second-order valence-electron chi connectivity index (χ2n) is 6.22. The molecule has 0 radical (unpaired) electrons. The van der Waals surface area contributed by atoms with Gasteiger partial charge in [0.25, 0.3) is 0 Å². The molecule has 1 aromatic heterocycles. The molecule has 138 valence electrons. The van der Waals surface area contributed by atoms with E-state index < -0.39 is 11.7 Å². The van der Waals surface area contributed by atoms with E-state index in [1.165, 1.54) is 12.1 Å². The number of benzene rings is 3. The van der Waals surface area contributed by atoms with Crippen LogP contribution >= 0.6 is 23.2 Å². The van der Waals surface area contributed by atoms with Crippen molar-refractivity contribution in [1.82, 2.24) is 4.98 Å². The Balaban J connectivity index is 1.92. The zero-order valence-corrected chi connectivity index (χ0v) is 15.9. The topological polar surface area (TPSA) is 70.4 Å². The summed E-state index contributed by atoms with van der Waals surface area (Å²) < 4.78 is 0. The lowest BCUT2D eigenvalue weighted by molar-refractivity contribution is 0.0696. The Labute approximate surface area is 170 Å². The van der Waals surface area contributed by atoms with Crippen molar-refractivity contribution in [2.24, 2.45) is 0 Å². The molecule has 0 spiro atoms. The quantitative estimate of drug-likeness (QED) is 0.417. The highest BCUT2D eigenvalue weighted by Gasteiger charge is 2.22. The van der Waals surface area contributed by atoms with Crippen molar-refractivity contribution in [3.05, 3.63) is 82.3 Å². The molecule has 0 amide bonds. The van der Waals surface area contributed by atoms with E-state index in [-0.39, 0.29) is 32.2 Å². The molecule has 6 heteroatoms. The zero-order valence-electron chi connectivity index (χ0n) is 14.4. The van der Waals surface area contributed by atoms with Crippen molar-refractivity contribution in [3.63, 3.8) is 0 Å². The summed E-state index contributed by atoms with van der Waals surface area (Å²) in [5.41, 5.74) is 2.75. The molecule has 4 nitrogen and oxygen atoms in total. The van der Waals surface area contributed by atoms with Gasteiger partial charge in [0.15, 0.2) is 5.75 Å². The van der Waals surface area contributed by atoms with Crippen molar-refractivity contribution in [2.45, 2.75) is 0 Å². The Morgan fingerprint density at radius 2 is 1.46 bits per heavy atom. The van der Waals surface area contributed by atoms with Gasteiger partial charge < -0.3 is 10.2 Å². The molecule has 1 heterocycles. The lowest BCUT2D eigenvalue weighted by atomic mass is 9.99. The number of nitrogens with zero attached hydrogens (tertiary/aromatic N) is 1. The highest BCUT2D eigenvalue weighted by Crippen LogP contribution is 2.39. The second-order valence-corrected chi connectivity index (χ2v) is 7.06. The molecule has 0 saturated heterocycles. The summed E-state index contributed by atoms with van der Waals surface area (Å²) in [6, 6.07) is 20.1. The SMILES string of the molecule is O=C(O)c1c(O)c(-c2ccc(-c3ccccc3)cc2)nc2c(Cl)cc(Cl)cc12. The third kappa shape index (κ3) is 3.17. The van der Waals surface area contributed by atoms with E-state index in [9.17, 15) is 15.0 Å². The molecule has 0 aliphatic heterocycles. The van der Waals surface area contributed by atoms with Crippen LogP contribution in [0.5, 0.6) is 5.75 Å². The molecule has 0 atom stereocenters.